The summed E-state index contributed by atoms with van der Waals surface area (Å²) in [5.74, 6) is 0.209. The maximum absolute atomic E-state index is 12.5. The lowest BCUT2D eigenvalue weighted by molar-refractivity contribution is -0.140. The highest BCUT2D eigenvalue weighted by Gasteiger charge is 2.27. The normalized spacial score (nSPS) is 16.3. The number of ether oxygens (including phenoxy) is 3. The molecule has 8 nitrogen and oxygen atoms in total. The van der Waals surface area contributed by atoms with Gasteiger partial charge < -0.3 is 25.7 Å². The molecule has 0 saturated heterocycles. The monoisotopic (exact) mass is 618 g/mol. The minimum Gasteiger partial charge on any atom is -0.463 e. The van der Waals surface area contributed by atoms with Crippen LogP contribution >= 0.6 is 0 Å². The van der Waals surface area contributed by atoms with Gasteiger partial charge in [-0.1, -0.05) is 63.2 Å². The van der Waals surface area contributed by atoms with E-state index in [0.717, 1.165) is 89.0 Å². The molecule has 45 heavy (non-hydrogen) atoms. The largest absolute Gasteiger partial charge is 0.463 e. The first-order valence-electron chi connectivity index (χ1n) is 16.4. The van der Waals surface area contributed by atoms with Crippen molar-refractivity contribution in [3.63, 3.8) is 0 Å². The molecule has 8 heteroatoms. The van der Waals surface area contributed by atoms with Gasteiger partial charge in [-0.05, 0) is 92.8 Å². The molecule has 1 aliphatic carbocycles. The smallest absolute Gasteiger partial charge is 0.338 e. The maximum Gasteiger partial charge on any atom is 0.338 e. The Morgan fingerprint density at radius 3 is 1.89 bits per heavy atom. The van der Waals surface area contributed by atoms with E-state index in [2.05, 4.69) is 6.58 Å². The molecule has 0 aromatic heterocycles. The Morgan fingerprint density at radius 1 is 0.756 bits per heavy atom. The number of unbranched alkanes of at least 4 members (excludes halogenated alkanes) is 8. The second-order valence-electron chi connectivity index (χ2n) is 11.9. The van der Waals surface area contributed by atoms with Gasteiger partial charge in [0, 0.05) is 17.5 Å². The van der Waals surface area contributed by atoms with E-state index >= 15 is 0 Å². The van der Waals surface area contributed by atoms with Crippen molar-refractivity contribution in [3.8, 4) is 5.75 Å². The first-order chi connectivity index (χ1) is 21.8. The Hall–Kier alpha value is -4.07. The van der Waals surface area contributed by atoms with Crippen LogP contribution in [0, 0.1) is 11.8 Å². The van der Waals surface area contributed by atoms with Gasteiger partial charge in [0.1, 0.15) is 5.75 Å². The fraction of sp³-hybridized carbons (Fsp3) is 0.486. The zero-order valence-corrected chi connectivity index (χ0v) is 26.6. The number of carbonyl (C=O) groups is 3. The Balaban J connectivity index is 1.15. The van der Waals surface area contributed by atoms with E-state index in [-0.39, 0.29) is 17.9 Å². The van der Waals surface area contributed by atoms with E-state index in [1.165, 1.54) is 12.5 Å². The summed E-state index contributed by atoms with van der Waals surface area (Å²) in [6, 6.07) is 11.9. The van der Waals surface area contributed by atoms with Crippen molar-refractivity contribution in [1.29, 1.82) is 0 Å². The van der Waals surface area contributed by atoms with E-state index in [1.54, 1.807) is 36.4 Å². The van der Waals surface area contributed by atoms with Gasteiger partial charge in [0.05, 0.1) is 24.7 Å². The summed E-state index contributed by atoms with van der Waals surface area (Å²) in [6.45, 7) is 4.61. The minimum absolute atomic E-state index is 0.0366. The molecule has 0 spiro atoms. The van der Waals surface area contributed by atoms with E-state index in [1.807, 2.05) is 18.2 Å². The van der Waals surface area contributed by atoms with Gasteiger partial charge in [-0.3, -0.25) is 4.79 Å². The highest BCUT2D eigenvalue weighted by atomic mass is 16.5. The molecule has 0 heterocycles. The molecule has 0 atom stereocenters. The summed E-state index contributed by atoms with van der Waals surface area (Å²) < 4.78 is 16.2. The summed E-state index contributed by atoms with van der Waals surface area (Å²) in [7, 11) is 0. The zero-order valence-electron chi connectivity index (χ0n) is 26.6. The summed E-state index contributed by atoms with van der Waals surface area (Å²) in [6.07, 6.45) is 19.4. The summed E-state index contributed by atoms with van der Waals surface area (Å²) in [5, 5.41) is 0. The lowest BCUT2D eigenvalue weighted by atomic mass is 9.80. The maximum atomic E-state index is 12.5. The second kappa shape index (κ2) is 20.1. The van der Waals surface area contributed by atoms with Crippen LogP contribution in [0.1, 0.15) is 106 Å². The molecule has 2 aromatic carbocycles. The Bertz CT molecular complexity index is 1230. The quantitative estimate of drug-likeness (QED) is 0.0404. The van der Waals surface area contributed by atoms with Gasteiger partial charge in [-0.25, -0.2) is 9.59 Å². The molecule has 0 aliphatic heterocycles. The predicted molar refractivity (Wildman–Crippen MR) is 179 cm³/mol. The van der Waals surface area contributed by atoms with Crippen LogP contribution in [-0.4, -0.2) is 31.1 Å². The third-order valence-electron chi connectivity index (χ3n) is 8.17. The second-order valence-corrected chi connectivity index (χ2v) is 11.9. The van der Waals surface area contributed by atoms with Crippen LogP contribution in [-0.2, 0) is 19.1 Å². The SMILES string of the molecule is C=CCC1CCC(C(=O)Oc2ccc(/C=C/C(=O)OCCCCCCCCCCCOC(=O)c3cc(N)cc(N)c3)cc2)CC1. The van der Waals surface area contributed by atoms with Crippen LogP contribution in [0.5, 0.6) is 5.75 Å². The molecule has 1 saturated carbocycles. The number of hydrogen-bond acceptors (Lipinski definition) is 8. The van der Waals surface area contributed by atoms with E-state index in [4.69, 9.17) is 25.7 Å². The molecule has 0 amide bonds. The highest BCUT2D eigenvalue weighted by molar-refractivity contribution is 5.91. The molecule has 3 rings (SSSR count). The molecule has 0 radical (unpaired) electrons. The predicted octanol–water partition coefficient (Wildman–Crippen LogP) is 8.06. The Labute approximate surface area is 268 Å². The first kappa shape index (κ1) is 35.4. The van der Waals surface area contributed by atoms with Gasteiger partial charge in [-0.2, -0.15) is 0 Å². The van der Waals surface area contributed by atoms with E-state index in [9.17, 15) is 14.4 Å². The van der Waals surface area contributed by atoms with Gasteiger partial charge in [-0.15, -0.1) is 6.58 Å². The lowest BCUT2D eigenvalue weighted by Crippen LogP contribution is -2.25. The van der Waals surface area contributed by atoms with Crippen molar-refractivity contribution in [2.45, 2.75) is 89.9 Å². The fourth-order valence-corrected chi connectivity index (χ4v) is 5.59. The van der Waals surface area contributed by atoms with Gasteiger partial charge >= 0.3 is 17.9 Å². The number of nitrogen functional groups attached to an aromatic ring is 2. The molecular formula is C37H50N2O6. The number of nitrogens with two attached hydrogens (primary N) is 2. The van der Waals surface area contributed by atoms with Crippen molar-refractivity contribution >= 4 is 35.4 Å². The number of rotatable bonds is 19. The Kier molecular flexibility index (Phi) is 15.8. The molecule has 0 unspecified atom stereocenters. The summed E-state index contributed by atoms with van der Waals surface area (Å²) in [4.78, 5) is 36.7. The van der Waals surface area contributed by atoms with Gasteiger partial charge in [0.2, 0.25) is 0 Å². The average molecular weight is 619 g/mol. The first-order valence-corrected chi connectivity index (χ1v) is 16.4. The van der Waals surface area contributed by atoms with Crippen LogP contribution in [0.3, 0.4) is 0 Å². The molecule has 1 aliphatic rings. The van der Waals surface area contributed by atoms with Crippen molar-refractivity contribution < 1.29 is 28.6 Å². The van der Waals surface area contributed by atoms with Gasteiger partial charge in [0.25, 0.3) is 0 Å². The average Bonchev–Trinajstić information content (AvgIpc) is 3.02. The number of benzene rings is 2. The lowest BCUT2D eigenvalue weighted by Gasteiger charge is -2.26. The molecular weight excluding hydrogens is 568 g/mol. The van der Waals surface area contributed by atoms with Crippen LogP contribution in [0.4, 0.5) is 11.4 Å². The molecule has 4 N–H and O–H groups in total. The fourth-order valence-electron chi connectivity index (χ4n) is 5.59. The number of esters is 3. The Morgan fingerprint density at radius 2 is 1.31 bits per heavy atom. The van der Waals surface area contributed by atoms with Crippen LogP contribution in [0.15, 0.2) is 61.2 Å². The van der Waals surface area contributed by atoms with Crippen LogP contribution in [0.25, 0.3) is 6.08 Å². The molecule has 0 bridgehead atoms. The van der Waals surface area contributed by atoms with E-state index in [0.29, 0.717) is 41.8 Å². The molecule has 2 aromatic rings. The summed E-state index contributed by atoms with van der Waals surface area (Å²) >= 11 is 0. The molecule has 244 valence electrons. The third-order valence-corrected chi connectivity index (χ3v) is 8.17. The third kappa shape index (κ3) is 14.1. The van der Waals surface area contributed by atoms with Crippen molar-refractivity contribution in [3.05, 3.63) is 72.3 Å². The standard InChI is InChI=1S/C37H50N2O6/c1-2-12-28-13-18-30(19-14-28)37(42)45-34-20-15-29(16-21-34)17-22-35(40)43-23-10-8-6-4-3-5-7-9-11-24-44-36(41)31-25-32(38)27-33(39)26-31/h2,15-17,20-22,25-28,30H,1,3-14,18-19,23-24,38-39H2/b22-17+. The summed E-state index contributed by atoms with van der Waals surface area (Å²) in [5.41, 5.74) is 13.6. The zero-order chi connectivity index (χ0) is 32.3. The van der Waals surface area contributed by atoms with Crippen molar-refractivity contribution in [2.24, 2.45) is 11.8 Å². The topological polar surface area (TPSA) is 131 Å². The molecule has 1 fully saturated rings. The number of hydrogen-bond donors (Lipinski definition) is 2. The minimum atomic E-state index is -0.394. The van der Waals surface area contributed by atoms with E-state index < -0.39 is 5.97 Å². The van der Waals surface area contributed by atoms with Gasteiger partial charge in [0.15, 0.2) is 0 Å². The van der Waals surface area contributed by atoms with Crippen molar-refractivity contribution in [2.75, 3.05) is 24.7 Å². The number of anilines is 2. The van der Waals surface area contributed by atoms with Crippen LogP contribution < -0.4 is 16.2 Å². The van der Waals surface area contributed by atoms with Crippen LogP contribution in [0.2, 0.25) is 0 Å². The number of carbonyl (C=O) groups excluding carboxylic acids is 3. The highest BCUT2D eigenvalue weighted by Crippen LogP contribution is 2.32. The number of allylic oxidation sites excluding steroid dienone is 1. The van der Waals surface area contributed by atoms with Crippen molar-refractivity contribution in [1.82, 2.24) is 0 Å².